The summed E-state index contributed by atoms with van der Waals surface area (Å²) in [7, 11) is -3.36. The van der Waals surface area contributed by atoms with E-state index in [4.69, 9.17) is 5.73 Å². The molecule has 0 fully saturated rings. The van der Waals surface area contributed by atoms with Crippen LogP contribution in [-0.4, -0.2) is 52.7 Å². The third-order valence-corrected chi connectivity index (χ3v) is 6.22. The van der Waals surface area contributed by atoms with Gasteiger partial charge in [-0.15, -0.1) is 5.10 Å². The first kappa shape index (κ1) is 17.0. The van der Waals surface area contributed by atoms with Crippen LogP contribution in [0.2, 0.25) is 0 Å². The van der Waals surface area contributed by atoms with Crippen molar-refractivity contribution in [3.63, 3.8) is 0 Å². The minimum Gasteiger partial charge on any atom is -0.382 e. The second-order valence-corrected chi connectivity index (χ2v) is 8.60. The topological polar surface area (TPSA) is 123 Å². The largest absolute Gasteiger partial charge is 0.382 e. The van der Waals surface area contributed by atoms with Crippen LogP contribution in [0, 0.1) is 0 Å². The molecule has 0 radical (unpaired) electrons. The Labute approximate surface area is 151 Å². The molecule has 3 N–H and O–H groups in total. The molecule has 0 bridgehead atoms. The molecule has 4 rings (SSSR count). The van der Waals surface area contributed by atoms with Gasteiger partial charge in [-0.1, -0.05) is 6.07 Å². The van der Waals surface area contributed by atoms with Crippen LogP contribution in [-0.2, 0) is 23.0 Å². The molecule has 9 nitrogen and oxygen atoms in total. The quantitative estimate of drug-likeness (QED) is 0.778. The summed E-state index contributed by atoms with van der Waals surface area (Å²) in [6.45, 7) is 1.08. The van der Waals surface area contributed by atoms with Crippen LogP contribution in [0.3, 0.4) is 0 Å². The molecule has 138 valence electrons. The Morgan fingerprint density at radius 2 is 2.23 bits per heavy atom. The van der Waals surface area contributed by atoms with Crippen molar-refractivity contribution in [2.45, 2.75) is 25.3 Å². The summed E-state index contributed by atoms with van der Waals surface area (Å²) in [6.07, 6.45) is 3.91. The van der Waals surface area contributed by atoms with Crippen LogP contribution in [0.15, 0.2) is 18.3 Å². The monoisotopic (exact) mass is 376 g/mol. The van der Waals surface area contributed by atoms with Crippen molar-refractivity contribution in [1.82, 2.24) is 19.1 Å². The molecule has 26 heavy (non-hydrogen) atoms. The number of pyridine rings is 1. The first-order valence-electron chi connectivity index (χ1n) is 8.40. The van der Waals surface area contributed by atoms with Gasteiger partial charge in [0.05, 0.1) is 24.4 Å². The Morgan fingerprint density at radius 3 is 3.00 bits per heavy atom. The maximum atomic E-state index is 13.2. The zero-order valence-corrected chi connectivity index (χ0v) is 15.2. The van der Waals surface area contributed by atoms with Gasteiger partial charge in [0.2, 0.25) is 10.0 Å². The summed E-state index contributed by atoms with van der Waals surface area (Å²) in [5, 5.41) is 7.43. The van der Waals surface area contributed by atoms with Crippen molar-refractivity contribution in [1.29, 1.82) is 0 Å². The Kier molecular flexibility index (Phi) is 3.96. The van der Waals surface area contributed by atoms with Crippen LogP contribution in [0.1, 0.15) is 34.0 Å². The summed E-state index contributed by atoms with van der Waals surface area (Å²) in [6, 6.07) is 3.67. The van der Waals surface area contributed by atoms with E-state index in [0.29, 0.717) is 43.3 Å². The maximum absolute atomic E-state index is 13.2. The Balaban J connectivity index is 1.73. The number of nitrogens with two attached hydrogens (primary N) is 1. The van der Waals surface area contributed by atoms with Crippen molar-refractivity contribution in [3.8, 4) is 0 Å². The van der Waals surface area contributed by atoms with E-state index in [-0.39, 0.29) is 12.5 Å². The third-order valence-electron chi connectivity index (χ3n) is 4.97. The average Bonchev–Trinajstić information content (AvgIpc) is 2.96. The number of carbonyl (C=O) groups excluding carboxylic acids is 1. The normalized spacial score (nSPS) is 20.1. The molecule has 0 aromatic carbocycles. The lowest BCUT2D eigenvalue weighted by atomic mass is 9.92. The van der Waals surface area contributed by atoms with Crippen LogP contribution >= 0.6 is 0 Å². The summed E-state index contributed by atoms with van der Waals surface area (Å²) >= 11 is 0. The molecule has 0 amide bonds. The Morgan fingerprint density at radius 1 is 1.42 bits per heavy atom. The van der Waals surface area contributed by atoms with Crippen molar-refractivity contribution in [3.05, 3.63) is 35.2 Å². The molecular formula is C16H20N6O3S. The van der Waals surface area contributed by atoms with Gasteiger partial charge in [-0.25, -0.2) is 18.1 Å². The SMILES string of the molecule is CS(=O)(=O)N1CCc2c(N)nn(C(=O)C3CCNc4ncccc43)c2C1. The van der Waals surface area contributed by atoms with Gasteiger partial charge in [0, 0.05) is 30.4 Å². The lowest BCUT2D eigenvalue weighted by molar-refractivity contribution is 0.0849. The van der Waals surface area contributed by atoms with E-state index < -0.39 is 15.9 Å². The van der Waals surface area contributed by atoms with Gasteiger partial charge in [-0.3, -0.25) is 4.79 Å². The van der Waals surface area contributed by atoms with Gasteiger partial charge in [-0.05, 0) is 18.9 Å². The lowest BCUT2D eigenvalue weighted by Crippen LogP contribution is -2.37. The molecule has 2 aromatic rings. The van der Waals surface area contributed by atoms with Gasteiger partial charge in [0.1, 0.15) is 11.6 Å². The number of fused-ring (bicyclic) bond motifs is 2. The molecule has 2 aliphatic heterocycles. The number of nitrogen functional groups attached to an aromatic ring is 1. The van der Waals surface area contributed by atoms with Gasteiger partial charge in [-0.2, -0.15) is 4.31 Å². The van der Waals surface area contributed by atoms with E-state index in [2.05, 4.69) is 15.4 Å². The van der Waals surface area contributed by atoms with E-state index >= 15 is 0 Å². The second kappa shape index (κ2) is 6.06. The molecule has 1 atom stereocenters. The molecule has 1 unspecified atom stereocenters. The van der Waals surface area contributed by atoms with Gasteiger partial charge in [0.25, 0.3) is 5.91 Å². The molecule has 2 aromatic heterocycles. The summed E-state index contributed by atoms with van der Waals surface area (Å²) in [5.41, 5.74) is 8.15. The number of anilines is 2. The molecule has 4 heterocycles. The van der Waals surface area contributed by atoms with E-state index in [1.165, 1.54) is 15.2 Å². The highest BCUT2D eigenvalue weighted by atomic mass is 32.2. The van der Waals surface area contributed by atoms with E-state index in [0.717, 1.165) is 11.1 Å². The highest BCUT2D eigenvalue weighted by molar-refractivity contribution is 7.88. The molecule has 2 aliphatic rings. The number of aromatic nitrogens is 3. The maximum Gasteiger partial charge on any atom is 0.254 e. The average molecular weight is 376 g/mol. The summed E-state index contributed by atoms with van der Waals surface area (Å²) in [5.74, 6) is 0.395. The molecule has 0 spiro atoms. The van der Waals surface area contributed by atoms with Gasteiger partial charge >= 0.3 is 0 Å². The molecule has 0 aliphatic carbocycles. The van der Waals surface area contributed by atoms with Gasteiger partial charge < -0.3 is 11.1 Å². The molecule has 0 saturated carbocycles. The molecule has 0 saturated heterocycles. The predicted molar refractivity (Wildman–Crippen MR) is 96.3 cm³/mol. The van der Waals surface area contributed by atoms with Crippen molar-refractivity contribution in [2.75, 3.05) is 30.4 Å². The van der Waals surface area contributed by atoms with E-state index in [1.807, 2.05) is 6.07 Å². The molecule has 10 heteroatoms. The van der Waals surface area contributed by atoms with Crippen LogP contribution in [0.25, 0.3) is 0 Å². The van der Waals surface area contributed by atoms with Crippen LogP contribution in [0.4, 0.5) is 11.6 Å². The number of carbonyl (C=O) groups is 1. The van der Waals surface area contributed by atoms with Crippen molar-refractivity contribution in [2.24, 2.45) is 0 Å². The van der Waals surface area contributed by atoms with E-state index in [9.17, 15) is 13.2 Å². The van der Waals surface area contributed by atoms with Gasteiger partial charge in [0.15, 0.2) is 0 Å². The fraction of sp³-hybridized carbons (Fsp3) is 0.438. The van der Waals surface area contributed by atoms with Crippen LogP contribution < -0.4 is 11.1 Å². The minimum absolute atomic E-state index is 0.106. The minimum atomic E-state index is -3.36. The number of sulfonamides is 1. The lowest BCUT2D eigenvalue weighted by Gasteiger charge is -2.27. The zero-order valence-electron chi connectivity index (χ0n) is 14.3. The predicted octanol–water partition coefficient (Wildman–Crippen LogP) is 0.418. The summed E-state index contributed by atoms with van der Waals surface area (Å²) in [4.78, 5) is 17.5. The zero-order chi connectivity index (χ0) is 18.5. The number of hydrogen-bond acceptors (Lipinski definition) is 7. The molecular weight excluding hydrogens is 356 g/mol. The summed E-state index contributed by atoms with van der Waals surface area (Å²) < 4.78 is 26.5. The number of nitrogens with one attached hydrogen (secondary N) is 1. The highest BCUT2D eigenvalue weighted by Crippen LogP contribution is 2.33. The Hall–Kier alpha value is -2.46. The smallest absolute Gasteiger partial charge is 0.254 e. The first-order valence-corrected chi connectivity index (χ1v) is 10.3. The number of rotatable bonds is 2. The number of hydrogen-bond donors (Lipinski definition) is 2. The second-order valence-electron chi connectivity index (χ2n) is 6.62. The van der Waals surface area contributed by atoms with Crippen molar-refractivity contribution < 1.29 is 13.2 Å². The standard InChI is InChI=1S/C16H20N6O3S/c1-26(24,25)21-8-5-12-13(9-21)22(20-14(12)17)16(23)11-4-7-19-15-10(11)3-2-6-18-15/h2-3,6,11H,4-5,7-9H2,1H3,(H2,17,20)(H,18,19). The number of nitrogens with zero attached hydrogens (tertiary/aromatic N) is 4. The third kappa shape index (κ3) is 2.74. The first-order chi connectivity index (χ1) is 12.4. The fourth-order valence-electron chi connectivity index (χ4n) is 3.63. The highest BCUT2D eigenvalue weighted by Gasteiger charge is 2.34. The van der Waals surface area contributed by atoms with Crippen LogP contribution in [0.5, 0.6) is 0 Å². The Bertz CT molecular complexity index is 984. The fourth-order valence-corrected chi connectivity index (χ4v) is 4.41. The van der Waals surface area contributed by atoms with Crippen molar-refractivity contribution >= 4 is 27.6 Å². The van der Waals surface area contributed by atoms with E-state index in [1.54, 1.807) is 12.3 Å².